The van der Waals surface area contributed by atoms with Crippen molar-refractivity contribution in [3.8, 4) is 6.07 Å². The Labute approximate surface area is 126 Å². The van der Waals surface area contributed by atoms with Gasteiger partial charge in [0.15, 0.2) is 0 Å². The lowest BCUT2D eigenvalue weighted by atomic mass is 9.84. The van der Waals surface area contributed by atoms with E-state index in [1.165, 1.54) is 18.6 Å². The molecule has 2 rings (SSSR count). The number of nitrogens with zero attached hydrogens (tertiary/aromatic N) is 1. The molecule has 1 aliphatic rings. The van der Waals surface area contributed by atoms with Gasteiger partial charge in [-0.05, 0) is 46.8 Å². The second-order valence-corrected chi connectivity index (χ2v) is 5.93. The van der Waals surface area contributed by atoms with Crippen molar-refractivity contribution in [3.05, 3.63) is 34.1 Å². The van der Waals surface area contributed by atoms with E-state index < -0.39 is 17.8 Å². The highest BCUT2D eigenvalue weighted by Crippen LogP contribution is 2.27. The fourth-order valence-electron chi connectivity index (χ4n) is 2.65. The summed E-state index contributed by atoms with van der Waals surface area (Å²) in [5.74, 6) is -0.951. The number of amides is 1. The Morgan fingerprint density at radius 3 is 2.70 bits per heavy atom. The van der Waals surface area contributed by atoms with Gasteiger partial charge in [-0.1, -0.05) is 25.3 Å². The van der Waals surface area contributed by atoms with E-state index >= 15 is 0 Å². The molecule has 1 saturated carbocycles. The molecular weight excluding hydrogens is 323 g/mol. The molecule has 5 heteroatoms. The normalized spacial score (nSPS) is 17.2. The number of benzene rings is 1. The van der Waals surface area contributed by atoms with E-state index in [1.54, 1.807) is 6.07 Å². The van der Waals surface area contributed by atoms with E-state index in [0.29, 0.717) is 4.47 Å². The number of hydrogen-bond acceptors (Lipinski definition) is 2. The molecular formula is C15H16BrFN2O. The highest BCUT2D eigenvalue weighted by atomic mass is 79.9. The summed E-state index contributed by atoms with van der Waals surface area (Å²) < 4.78 is 14.1. The molecule has 1 atom stereocenters. The number of halogens is 2. The van der Waals surface area contributed by atoms with Gasteiger partial charge in [0.2, 0.25) is 0 Å². The van der Waals surface area contributed by atoms with E-state index in [2.05, 4.69) is 27.3 Å². The van der Waals surface area contributed by atoms with Crippen LogP contribution >= 0.6 is 15.9 Å². The minimum atomic E-state index is -0.586. The highest BCUT2D eigenvalue weighted by Gasteiger charge is 2.26. The molecule has 1 N–H and O–H groups in total. The van der Waals surface area contributed by atoms with Crippen LogP contribution < -0.4 is 5.32 Å². The third-order valence-electron chi connectivity index (χ3n) is 3.74. The second kappa shape index (κ2) is 6.85. The maximum absolute atomic E-state index is 13.7. The summed E-state index contributed by atoms with van der Waals surface area (Å²) >= 11 is 3.17. The standard InChI is InChI=1S/C15H16BrFN2O/c16-11-7-4-8-12(17)14(11)15(20)19-13(9-18)10-5-2-1-3-6-10/h4,7-8,10,13H,1-3,5-6H2,(H,19,20). The number of carbonyl (C=O) groups is 1. The van der Waals surface area contributed by atoms with Gasteiger partial charge < -0.3 is 5.32 Å². The summed E-state index contributed by atoms with van der Waals surface area (Å²) in [6.07, 6.45) is 5.24. The third-order valence-corrected chi connectivity index (χ3v) is 4.40. The molecule has 1 aromatic carbocycles. The lowest BCUT2D eigenvalue weighted by Crippen LogP contribution is -2.40. The molecule has 1 aliphatic carbocycles. The molecule has 1 fully saturated rings. The SMILES string of the molecule is N#CC(NC(=O)c1c(F)cccc1Br)C1CCCCC1. The van der Waals surface area contributed by atoms with Crippen molar-refractivity contribution in [1.29, 1.82) is 5.26 Å². The van der Waals surface area contributed by atoms with Crippen LogP contribution in [0.15, 0.2) is 22.7 Å². The molecule has 20 heavy (non-hydrogen) atoms. The number of hydrogen-bond donors (Lipinski definition) is 1. The molecule has 1 aromatic rings. The van der Waals surface area contributed by atoms with E-state index in [1.807, 2.05) is 0 Å². The first-order valence-electron chi connectivity index (χ1n) is 6.78. The van der Waals surface area contributed by atoms with Crippen LogP contribution in [0.4, 0.5) is 4.39 Å². The van der Waals surface area contributed by atoms with Crippen molar-refractivity contribution >= 4 is 21.8 Å². The minimum absolute atomic E-state index is 0.0384. The minimum Gasteiger partial charge on any atom is -0.336 e. The molecule has 0 heterocycles. The molecule has 0 aromatic heterocycles. The van der Waals surface area contributed by atoms with Crippen LogP contribution in [-0.2, 0) is 0 Å². The lowest BCUT2D eigenvalue weighted by molar-refractivity contribution is 0.0924. The zero-order valence-electron chi connectivity index (χ0n) is 11.0. The van der Waals surface area contributed by atoms with Gasteiger partial charge in [-0.3, -0.25) is 4.79 Å². The van der Waals surface area contributed by atoms with Crippen LogP contribution in [0.25, 0.3) is 0 Å². The monoisotopic (exact) mass is 338 g/mol. The van der Waals surface area contributed by atoms with Crippen LogP contribution in [-0.4, -0.2) is 11.9 Å². The van der Waals surface area contributed by atoms with E-state index in [9.17, 15) is 14.4 Å². The number of carbonyl (C=O) groups excluding carboxylic acids is 1. The lowest BCUT2D eigenvalue weighted by Gasteiger charge is -2.26. The first kappa shape index (κ1) is 15.0. The quantitative estimate of drug-likeness (QED) is 0.911. The smallest absolute Gasteiger partial charge is 0.256 e. The second-order valence-electron chi connectivity index (χ2n) is 5.07. The van der Waals surface area contributed by atoms with Crippen LogP contribution in [0.1, 0.15) is 42.5 Å². The van der Waals surface area contributed by atoms with Gasteiger partial charge in [0.25, 0.3) is 5.91 Å². The van der Waals surface area contributed by atoms with Crippen LogP contribution in [0, 0.1) is 23.1 Å². The molecule has 0 spiro atoms. The van der Waals surface area contributed by atoms with Crippen molar-refractivity contribution < 1.29 is 9.18 Å². The van der Waals surface area contributed by atoms with Crippen molar-refractivity contribution in [3.63, 3.8) is 0 Å². The Morgan fingerprint density at radius 2 is 2.10 bits per heavy atom. The molecule has 0 radical (unpaired) electrons. The zero-order chi connectivity index (χ0) is 14.5. The summed E-state index contributed by atoms with van der Waals surface area (Å²) in [6, 6.07) is 5.97. The maximum atomic E-state index is 13.7. The van der Waals surface area contributed by atoms with Crippen molar-refractivity contribution in [2.75, 3.05) is 0 Å². The Hall–Kier alpha value is -1.41. The van der Waals surface area contributed by atoms with Crippen molar-refractivity contribution in [2.45, 2.75) is 38.1 Å². The van der Waals surface area contributed by atoms with Crippen LogP contribution in [0.2, 0.25) is 0 Å². The first-order valence-corrected chi connectivity index (χ1v) is 7.57. The van der Waals surface area contributed by atoms with Gasteiger partial charge in [0.05, 0.1) is 11.6 Å². The van der Waals surface area contributed by atoms with Crippen molar-refractivity contribution in [1.82, 2.24) is 5.32 Å². The summed E-state index contributed by atoms with van der Waals surface area (Å²) in [5.41, 5.74) is -0.0384. The summed E-state index contributed by atoms with van der Waals surface area (Å²) in [5, 5.41) is 11.9. The average Bonchev–Trinajstić information content (AvgIpc) is 2.45. The predicted octanol–water partition coefficient (Wildman–Crippen LogP) is 3.79. The van der Waals surface area contributed by atoms with Gasteiger partial charge in [-0.15, -0.1) is 0 Å². The Balaban J connectivity index is 2.11. The molecule has 1 amide bonds. The van der Waals surface area contributed by atoms with E-state index in [4.69, 9.17) is 0 Å². The zero-order valence-corrected chi connectivity index (χ0v) is 12.6. The number of nitrogens with one attached hydrogen (secondary N) is 1. The Morgan fingerprint density at radius 1 is 1.40 bits per heavy atom. The molecule has 3 nitrogen and oxygen atoms in total. The molecule has 0 saturated heterocycles. The Kier molecular flexibility index (Phi) is 5.13. The average molecular weight is 339 g/mol. The van der Waals surface area contributed by atoms with Gasteiger partial charge in [-0.25, -0.2) is 4.39 Å². The summed E-state index contributed by atoms with van der Waals surface area (Å²) in [6.45, 7) is 0. The number of rotatable bonds is 3. The van der Waals surface area contributed by atoms with E-state index in [-0.39, 0.29) is 11.5 Å². The third kappa shape index (κ3) is 3.37. The number of nitriles is 1. The molecule has 0 aliphatic heterocycles. The molecule has 1 unspecified atom stereocenters. The van der Waals surface area contributed by atoms with Crippen LogP contribution in [0.3, 0.4) is 0 Å². The van der Waals surface area contributed by atoms with E-state index in [0.717, 1.165) is 25.7 Å². The predicted molar refractivity (Wildman–Crippen MR) is 77.5 cm³/mol. The first-order chi connectivity index (χ1) is 9.63. The highest BCUT2D eigenvalue weighted by molar-refractivity contribution is 9.10. The van der Waals surface area contributed by atoms with Crippen LogP contribution in [0.5, 0.6) is 0 Å². The van der Waals surface area contributed by atoms with Gasteiger partial charge in [-0.2, -0.15) is 5.26 Å². The molecule has 106 valence electrons. The van der Waals surface area contributed by atoms with Gasteiger partial charge in [0, 0.05) is 4.47 Å². The van der Waals surface area contributed by atoms with Gasteiger partial charge >= 0.3 is 0 Å². The summed E-state index contributed by atoms with van der Waals surface area (Å²) in [4.78, 5) is 12.2. The Bertz CT molecular complexity index is 515. The van der Waals surface area contributed by atoms with Gasteiger partial charge in [0.1, 0.15) is 11.9 Å². The molecule has 0 bridgehead atoms. The maximum Gasteiger partial charge on any atom is 0.256 e. The fourth-order valence-corrected chi connectivity index (χ4v) is 3.17. The topological polar surface area (TPSA) is 52.9 Å². The summed E-state index contributed by atoms with van der Waals surface area (Å²) in [7, 11) is 0. The van der Waals surface area contributed by atoms with Crippen molar-refractivity contribution in [2.24, 2.45) is 5.92 Å². The fraction of sp³-hybridized carbons (Fsp3) is 0.467. The largest absolute Gasteiger partial charge is 0.336 e.